The van der Waals surface area contributed by atoms with Crippen LogP contribution in [0.15, 0.2) is 24.3 Å². The van der Waals surface area contributed by atoms with Crippen molar-refractivity contribution in [3.05, 3.63) is 47.0 Å². The molecular weight excluding hydrogens is 254 g/mol. The first kappa shape index (κ1) is 12.8. The second kappa shape index (κ2) is 5.07. The minimum Gasteiger partial charge on any atom is -0.481 e. The summed E-state index contributed by atoms with van der Waals surface area (Å²) in [4.78, 5) is 11.2. The van der Waals surface area contributed by atoms with Crippen molar-refractivity contribution in [2.75, 3.05) is 0 Å². The zero-order chi connectivity index (χ0) is 14.1. The van der Waals surface area contributed by atoms with Crippen LogP contribution in [0, 0.1) is 12.8 Å². The fourth-order valence-electron chi connectivity index (χ4n) is 2.69. The molecule has 1 aromatic heterocycles. The molecule has 1 N–H and O–H groups in total. The Labute approximate surface area is 117 Å². The molecule has 2 heterocycles. The number of rotatable bonds is 3. The van der Waals surface area contributed by atoms with Gasteiger partial charge in [-0.25, -0.2) is 0 Å². The molecule has 0 radical (unpaired) electrons. The molecule has 0 saturated carbocycles. The summed E-state index contributed by atoms with van der Waals surface area (Å²) >= 11 is 0. The average molecular weight is 271 g/mol. The summed E-state index contributed by atoms with van der Waals surface area (Å²) in [6, 6.07) is 8.17. The highest BCUT2D eigenvalue weighted by Crippen LogP contribution is 2.22. The fourth-order valence-corrected chi connectivity index (χ4v) is 2.69. The number of nitrogens with zero attached hydrogens (tertiary/aromatic N) is 3. The van der Waals surface area contributed by atoms with E-state index in [1.165, 1.54) is 11.1 Å². The summed E-state index contributed by atoms with van der Waals surface area (Å²) in [5, 5.41) is 17.6. The first-order valence-electron chi connectivity index (χ1n) is 6.83. The van der Waals surface area contributed by atoms with Gasteiger partial charge in [-0.05, 0) is 24.5 Å². The molecule has 5 heteroatoms. The van der Waals surface area contributed by atoms with Crippen LogP contribution in [0.4, 0.5) is 0 Å². The molecule has 2 aromatic rings. The Bertz CT molecular complexity index is 648. The van der Waals surface area contributed by atoms with Gasteiger partial charge in [0, 0.05) is 19.4 Å². The van der Waals surface area contributed by atoms with E-state index in [4.69, 9.17) is 0 Å². The highest BCUT2D eigenvalue weighted by molar-refractivity contribution is 5.70. The van der Waals surface area contributed by atoms with Gasteiger partial charge in [0.25, 0.3) is 0 Å². The number of hydrogen-bond donors (Lipinski definition) is 1. The van der Waals surface area contributed by atoms with Crippen LogP contribution in [0.5, 0.6) is 0 Å². The van der Waals surface area contributed by atoms with Crippen molar-refractivity contribution >= 4 is 5.97 Å². The second-order valence-corrected chi connectivity index (χ2v) is 5.32. The van der Waals surface area contributed by atoms with Crippen LogP contribution in [0.2, 0.25) is 0 Å². The van der Waals surface area contributed by atoms with Crippen molar-refractivity contribution in [2.24, 2.45) is 5.92 Å². The Morgan fingerprint density at radius 1 is 1.40 bits per heavy atom. The number of aryl methyl sites for hydroxylation is 2. The zero-order valence-corrected chi connectivity index (χ0v) is 11.4. The molecule has 1 aromatic carbocycles. The largest absolute Gasteiger partial charge is 0.481 e. The van der Waals surface area contributed by atoms with Crippen molar-refractivity contribution in [1.29, 1.82) is 0 Å². The lowest BCUT2D eigenvalue weighted by Crippen LogP contribution is -2.27. The summed E-state index contributed by atoms with van der Waals surface area (Å²) in [6.45, 7) is 2.56. The van der Waals surface area contributed by atoms with Crippen LogP contribution in [0.3, 0.4) is 0 Å². The summed E-state index contributed by atoms with van der Waals surface area (Å²) < 4.78 is 1.98. The van der Waals surface area contributed by atoms with E-state index in [0.29, 0.717) is 25.8 Å². The van der Waals surface area contributed by atoms with Crippen LogP contribution < -0.4 is 0 Å². The summed E-state index contributed by atoms with van der Waals surface area (Å²) in [7, 11) is 0. The topological polar surface area (TPSA) is 68.0 Å². The van der Waals surface area contributed by atoms with E-state index >= 15 is 0 Å². The smallest absolute Gasteiger partial charge is 0.308 e. The predicted octanol–water partition coefficient (Wildman–Crippen LogP) is 1.82. The molecule has 5 nitrogen and oxygen atoms in total. The quantitative estimate of drug-likeness (QED) is 0.924. The van der Waals surface area contributed by atoms with Crippen molar-refractivity contribution in [3.8, 4) is 0 Å². The molecule has 1 aliphatic rings. The summed E-state index contributed by atoms with van der Waals surface area (Å²) in [5.74, 6) is 0.714. The van der Waals surface area contributed by atoms with Gasteiger partial charge in [0.2, 0.25) is 0 Å². The van der Waals surface area contributed by atoms with Crippen LogP contribution in [0.25, 0.3) is 0 Å². The first-order chi connectivity index (χ1) is 9.65. The Hall–Kier alpha value is -2.17. The van der Waals surface area contributed by atoms with E-state index in [1.54, 1.807) is 0 Å². The summed E-state index contributed by atoms with van der Waals surface area (Å²) in [6.07, 6.45) is 2.04. The molecule has 0 aliphatic carbocycles. The van der Waals surface area contributed by atoms with Crippen LogP contribution in [-0.4, -0.2) is 25.8 Å². The second-order valence-electron chi connectivity index (χ2n) is 5.32. The SMILES string of the molecule is Cc1ccccc1Cc1nnc2n1CC(C(=O)O)CC2. The number of aliphatic carboxylic acids is 1. The van der Waals surface area contributed by atoms with Gasteiger partial charge in [-0.15, -0.1) is 10.2 Å². The van der Waals surface area contributed by atoms with Gasteiger partial charge in [0.15, 0.2) is 0 Å². The molecule has 3 rings (SSSR count). The molecule has 104 valence electrons. The van der Waals surface area contributed by atoms with E-state index in [0.717, 1.165) is 11.6 Å². The number of fused-ring (bicyclic) bond motifs is 1. The van der Waals surface area contributed by atoms with Gasteiger partial charge in [-0.1, -0.05) is 24.3 Å². The number of aromatic nitrogens is 3. The molecule has 0 amide bonds. The van der Waals surface area contributed by atoms with E-state index < -0.39 is 5.97 Å². The van der Waals surface area contributed by atoms with Gasteiger partial charge < -0.3 is 9.67 Å². The van der Waals surface area contributed by atoms with E-state index in [2.05, 4.69) is 29.3 Å². The van der Waals surface area contributed by atoms with E-state index in [-0.39, 0.29) is 5.92 Å². The minimum atomic E-state index is -0.730. The highest BCUT2D eigenvalue weighted by Gasteiger charge is 2.27. The molecule has 0 fully saturated rings. The molecule has 20 heavy (non-hydrogen) atoms. The number of carboxylic acid groups (broad SMARTS) is 1. The first-order valence-corrected chi connectivity index (χ1v) is 6.83. The number of benzene rings is 1. The monoisotopic (exact) mass is 271 g/mol. The fraction of sp³-hybridized carbons (Fsp3) is 0.400. The Balaban J connectivity index is 1.88. The maximum absolute atomic E-state index is 11.2. The number of hydrogen-bond acceptors (Lipinski definition) is 3. The molecule has 1 aliphatic heterocycles. The third kappa shape index (κ3) is 2.31. The Morgan fingerprint density at radius 2 is 2.20 bits per heavy atom. The third-order valence-electron chi connectivity index (χ3n) is 3.98. The third-order valence-corrected chi connectivity index (χ3v) is 3.98. The minimum absolute atomic E-state index is 0.325. The standard InChI is InChI=1S/C15H17N3O2/c1-10-4-2-3-5-11(10)8-14-17-16-13-7-6-12(15(19)20)9-18(13)14/h2-5,12H,6-9H2,1H3,(H,19,20). The Morgan fingerprint density at radius 3 is 2.95 bits per heavy atom. The Kier molecular flexibility index (Phi) is 3.26. The van der Waals surface area contributed by atoms with Gasteiger partial charge in [0.05, 0.1) is 5.92 Å². The van der Waals surface area contributed by atoms with Crippen LogP contribution in [0.1, 0.15) is 29.2 Å². The lowest BCUT2D eigenvalue weighted by atomic mass is 9.99. The van der Waals surface area contributed by atoms with E-state index in [1.807, 2.05) is 16.7 Å². The zero-order valence-electron chi connectivity index (χ0n) is 11.4. The molecule has 0 spiro atoms. The van der Waals surface area contributed by atoms with Gasteiger partial charge in [-0.2, -0.15) is 0 Å². The number of carbonyl (C=O) groups is 1. The molecule has 0 bridgehead atoms. The van der Waals surface area contributed by atoms with Crippen molar-refractivity contribution in [2.45, 2.75) is 32.7 Å². The highest BCUT2D eigenvalue weighted by atomic mass is 16.4. The predicted molar refractivity (Wildman–Crippen MR) is 73.5 cm³/mol. The van der Waals surface area contributed by atoms with Crippen molar-refractivity contribution in [1.82, 2.24) is 14.8 Å². The van der Waals surface area contributed by atoms with Gasteiger partial charge >= 0.3 is 5.97 Å². The van der Waals surface area contributed by atoms with E-state index in [9.17, 15) is 9.90 Å². The lowest BCUT2D eigenvalue weighted by molar-refractivity contribution is -0.142. The maximum Gasteiger partial charge on any atom is 0.308 e. The van der Waals surface area contributed by atoms with Crippen molar-refractivity contribution < 1.29 is 9.90 Å². The average Bonchev–Trinajstić information content (AvgIpc) is 2.84. The van der Waals surface area contributed by atoms with Crippen molar-refractivity contribution in [3.63, 3.8) is 0 Å². The maximum atomic E-state index is 11.2. The summed E-state index contributed by atoms with van der Waals surface area (Å²) in [5.41, 5.74) is 2.43. The molecule has 1 unspecified atom stereocenters. The molecular formula is C15H17N3O2. The lowest BCUT2D eigenvalue weighted by Gasteiger charge is -2.21. The normalized spacial score (nSPS) is 17.8. The van der Waals surface area contributed by atoms with Gasteiger partial charge in [0.1, 0.15) is 11.6 Å². The van der Waals surface area contributed by atoms with Crippen LogP contribution >= 0.6 is 0 Å². The molecule has 1 atom stereocenters. The number of carboxylic acids is 1. The van der Waals surface area contributed by atoms with Crippen LogP contribution in [-0.2, 0) is 24.2 Å². The van der Waals surface area contributed by atoms with Gasteiger partial charge in [-0.3, -0.25) is 4.79 Å². The molecule has 0 saturated heterocycles.